The normalized spacial score (nSPS) is 12.2. The van der Waals surface area contributed by atoms with E-state index in [2.05, 4.69) is 5.32 Å². The van der Waals surface area contributed by atoms with Crippen LogP contribution in [-0.2, 0) is 6.42 Å². The molecule has 0 saturated heterocycles. The Labute approximate surface area is 129 Å². The highest BCUT2D eigenvalue weighted by molar-refractivity contribution is 6.31. The van der Waals surface area contributed by atoms with E-state index in [0.717, 1.165) is 22.8 Å². The van der Waals surface area contributed by atoms with Gasteiger partial charge in [0, 0.05) is 16.1 Å². The van der Waals surface area contributed by atoms with Crippen molar-refractivity contribution in [1.82, 2.24) is 5.32 Å². The topological polar surface area (TPSA) is 21.3 Å². The number of hydrogen-bond donors (Lipinski definition) is 1. The summed E-state index contributed by atoms with van der Waals surface area (Å²) < 4.78 is 5.76. The Balaban J connectivity index is 1.92. The number of ether oxygens (including phenoxy) is 1. The molecule has 2 aromatic carbocycles. The van der Waals surface area contributed by atoms with Gasteiger partial charge in [0.2, 0.25) is 0 Å². The largest absolute Gasteiger partial charge is 0.492 e. The Bertz CT molecular complexity index is 542. The second-order valence-electron chi connectivity index (χ2n) is 4.55. The molecule has 0 aliphatic heterocycles. The van der Waals surface area contributed by atoms with Crippen molar-refractivity contribution in [3.63, 3.8) is 0 Å². The number of hydrogen-bond acceptors (Lipinski definition) is 2. The van der Waals surface area contributed by atoms with Crippen molar-refractivity contribution in [2.45, 2.75) is 12.5 Å². The van der Waals surface area contributed by atoms with Crippen LogP contribution >= 0.6 is 23.2 Å². The molecule has 0 amide bonds. The Morgan fingerprint density at radius 2 is 1.75 bits per heavy atom. The molecule has 106 valence electrons. The third-order valence-corrected chi connectivity index (χ3v) is 3.72. The molecule has 0 aliphatic rings. The zero-order chi connectivity index (χ0) is 14.4. The van der Waals surface area contributed by atoms with Crippen molar-refractivity contribution >= 4 is 23.2 Å². The lowest BCUT2D eigenvalue weighted by atomic mass is 10.1. The summed E-state index contributed by atoms with van der Waals surface area (Å²) in [6.07, 6.45) is 0.823. The number of rotatable bonds is 6. The second-order valence-corrected chi connectivity index (χ2v) is 5.39. The van der Waals surface area contributed by atoms with Crippen molar-refractivity contribution < 1.29 is 4.74 Å². The lowest BCUT2D eigenvalue weighted by molar-refractivity contribution is 0.270. The molecule has 0 heterocycles. The van der Waals surface area contributed by atoms with Crippen molar-refractivity contribution in [1.29, 1.82) is 0 Å². The molecule has 2 rings (SSSR count). The third kappa shape index (κ3) is 4.41. The first-order chi connectivity index (χ1) is 9.69. The van der Waals surface area contributed by atoms with Crippen LogP contribution in [0.2, 0.25) is 10.0 Å². The molecule has 0 bridgehead atoms. The number of likely N-dealkylation sites (N-methyl/N-ethyl adjacent to an activating group) is 1. The molecule has 20 heavy (non-hydrogen) atoms. The van der Waals surface area contributed by atoms with Crippen LogP contribution in [0.3, 0.4) is 0 Å². The molecule has 0 radical (unpaired) electrons. The molecule has 0 aromatic heterocycles. The standard InChI is InChI=1S/C16H17Cl2NO/c1-19-14(10-12-4-2-3-5-16(12)18)11-20-15-8-6-13(17)7-9-15/h2-9,14,19H,10-11H2,1H3. The predicted octanol–water partition coefficient (Wildman–Crippen LogP) is 4.20. The summed E-state index contributed by atoms with van der Waals surface area (Å²) in [5.41, 5.74) is 1.12. The van der Waals surface area contributed by atoms with Gasteiger partial charge in [-0.25, -0.2) is 0 Å². The summed E-state index contributed by atoms with van der Waals surface area (Å²) in [7, 11) is 1.92. The van der Waals surface area contributed by atoms with Crippen LogP contribution in [0, 0.1) is 0 Å². The van der Waals surface area contributed by atoms with Crippen LogP contribution in [0.4, 0.5) is 0 Å². The summed E-state index contributed by atoms with van der Waals surface area (Å²) in [5, 5.41) is 4.75. The summed E-state index contributed by atoms with van der Waals surface area (Å²) in [6, 6.07) is 15.4. The molecule has 4 heteroatoms. The van der Waals surface area contributed by atoms with Gasteiger partial charge in [-0.1, -0.05) is 41.4 Å². The molecule has 0 spiro atoms. The lowest BCUT2D eigenvalue weighted by Crippen LogP contribution is -2.33. The first-order valence-corrected chi connectivity index (χ1v) is 7.23. The molecular formula is C16H17Cl2NO. The van der Waals surface area contributed by atoms with E-state index in [0.29, 0.717) is 11.6 Å². The molecule has 0 aliphatic carbocycles. The second kappa shape index (κ2) is 7.53. The molecule has 1 unspecified atom stereocenters. The fourth-order valence-electron chi connectivity index (χ4n) is 1.90. The minimum absolute atomic E-state index is 0.200. The van der Waals surface area contributed by atoms with E-state index in [1.807, 2.05) is 55.6 Å². The van der Waals surface area contributed by atoms with E-state index in [4.69, 9.17) is 27.9 Å². The highest BCUT2D eigenvalue weighted by atomic mass is 35.5. The maximum Gasteiger partial charge on any atom is 0.119 e. The summed E-state index contributed by atoms with van der Waals surface area (Å²) in [4.78, 5) is 0. The average molecular weight is 310 g/mol. The third-order valence-electron chi connectivity index (χ3n) is 3.10. The van der Waals surface area contributed by atoms with Crippen LogP contribution < -0.4 is 10.1 Å². The van der Waals surface area contributed by atoms with Gasteiger partial charge in [-0.2, -0.15) is 0 Å². The van der Waals surface area contributed by atoms with Gasteiger partial charge in [-0.3, -0.25) is 0 Å². The Kier molecular flexibility index (Phi) is 5.72. The maximum atomic E-state index is 6.18. The molecule has 2 aromatic rings. The summed E-state index contributed by atoms with van der Waals surface area (Å²) in [5.74, 6) is 0.814. The van der Waals surface area contributed by atoms with E-state index in [9.17, 15) is 0 Å². The maximum absolute atomic E-state index is 6.18. The van der Waals surface area contributed by atoms with Crippen LogP contribution in [-0.4, -0.2) is 19.7 Å². The van der Waals surface area contributed by atoms with Gasteiger partial charge in [0.05, 0.1) is 0 Å². The molecule has 2 nitrogen and oxygen atoms in total. The Hall–Kier alpha value is -1.22. The Morgan fingerprint density at radius 3 is 2.40 bits per heavy atom. The molecule has 1 N–H and O–H groups in total. The van der Waals surface area contributed by atoms with Gasteiger partial charge >= 0.3 is 0 Å². The minimum Gasteiger partial charge on any atom is -0.492 e. The van der Waals surface area contributed by atoms with Crippen LogP contribution in [0.25, 0.3) is 0 Å². The van der Waals surface area contributed by atoms with Crippen molar-refractivity contribution in [3.8, 4) is 5.75 Å². The van der Waals surface area contributed by atoms with E-state index in [1.165, 1.54) is 0 Å². The first-order valence-electron chi connectivity index (χ1n) is 6.48. The van der Waals surface area contributed by atoms with Gasteiger partial charge in [0.1, 0.15) is 12.4 Å². The Morgan fingerprint density at radius 1 is 1.05 bits per heavy atom. The van der Waals surface area contributed by atoms with Crippen LogP contribution in [0.1, 0.15) is 5.56 Å². The van der Waals surface area contributed by atoms with Gasteiger partial charge in [0.15, 0.2) is 0 Å². The monoisotopic (exact) mass is 309 g/mol. The number of nitrogens with one attached hydrogen (secondary N) is 1. The molecule has 0 fully saturated rings. The minimum atomic E-state index is 0.200. The van der Waals surface area contributed by atoms with Gasteiger partial charge in [-0.05, 0) is 49.4 Å². The average Bonchev–Trinajstić information content (AvgIpc) is 2.47. The van der Waals surface area contributed by atoms with E-state index in [-0.39, 0.29) is 6.04 Å². The number of halogens is 2. The van der Waals surface area contributed by atoms with E-state index >= 15 is 0 Å². The summed E-state index contributed by atoms with van der Waals surface area (Å²) >= 11 is 12.0. The highest BCUT2D eigenvalue weighted by Crippen LogP contribution is 2.18. The predicted molar refractivity (Wildman–Crippen MR) is 85.0 cm³/mol. The van der Waals surface area contributed by atoms with E-state index in [1.54, 1.807) is 0 Å². The SMILES string of the molecule is CNC(COc1ccc(Cl)cc1)Cc1ccccc1Cl. The van der Waals surface area contributed by atoms with Crippen molar-refractivity contribution in [2.24, 2.45) is 0 Å². The number of benzene rings is 2. The van der Waals surface area contributed by atoms with E-state index < -0.39 is 0 Å². The first kappa shape index (κ1) is 15.2. The lowest BCUT2D eigenvalue weighted by Gasteiger charge is -2.18. The van der Waals surface area contributed by atoms with Gasteiger partial charge in [0.25, 0.3) is 0 Å². The highest BCUT2D eigenvalue weighted by Gasteiger charge is 2.10. The van der Waals surface area contributed by atoms with Gasteiger partial charge in [-0.15, -0.1) is 0 Å². The zero-order valence-corrected chi connectivity index (χ0v) is 12.8. The fraction of sp³-hybridized carbons (Fsp3) is 0.250. The van der Waals surface area contributed by atoms with Crippen molar-refractivity contribution in [3.05, 3.63) is 64.1 Å². The fourth-order valence-corrected chi connectivity index (χ4v) is 2.24. The quantitative estimate of drug-likeness (QED) is 0.863. The van der Waals surface area contributed by atoms with Gasteiger partial charge < -0.3 is 10.1 Å². The smallest absolute Gasteiger partial charge is 0.119 e. The zero-order valence-electron chi connectivity index (χ0n) is 11.3. The molecular weight excluding hydrogens is 293 g/mol. The molecule has 0 saturated carbocycles. The van der Waals surface area contributed by atoms with Crippen molar-refractivity contribution in [2.75, 3.05) is 13.7 Å². The van der Waals surface area contributed by atoms with Crippen LogP contribution in [0.5, 0.6) is 5.75 Å². The summed E-state index contributed by atoms with van der Waals surface area (Å²) in [6.45, 7) is 0.573. The van der Waals surface area contributed by atoms with Crippen LogP contribution in [0.15, 0.2) is 48.5 Å². The molecule has 1 atom stereocenters.